The average molecular weight is 376 g/mol. The maximum Gasteiger partial charge on any atom is 0.416 e. The minimum absolute atomic E-state index is 0. The van der Waals surface area contributed by atoms with Crippen LogP contribution in [0.1, 0.15) is 19.4 Å². The molecule has 0 aliphatic carbocycles. The first kappa shape index (κ1) is 19.2. The van der Waals surface area contributed by atoms with Crippen molar-refractivity contribution in [3.63, 3.8) is 0 Å². The van der Waals surface area contributed by atoms with Gasteiger partial charge in [0.2, 0.25) is 5.91 Å². The molecule has 0 spiro atoms. The molecule has 20 heavy (non-hydrogen) atoms. The highest BCUT2D eigenvalue weighted by atomic mass is 79.9. The lowest BCUT2D eigenvalue weighted by Crippen LogP contribution is -2.39. The smallest absolute Gasteiger partial charge is 0.325 e. The molecule has 0 aromatic heterocycles. The summed E-state index contributed by atoms with van der Waals surface area (Å²) in [7, 11) is 0. The number of amides is 1. The molecule has 0 aliphatic rings. The molecule has 1 aromatic rings. The number of carbonyl (C=O) groups excluding carboxylic acids is 1. The SMILES string of the molecule is CC(C)[C@H](N)C(=O)Nc1cc(Br)cc(C(F)(F)F)c1.Cl. The third-order valence-electron chi connectivity index (χ3n) is 2.51. The minimum Gasteiger partial charge on any atom is -0.325 e. The molecular weight excluding hydrogens is 360 g/mol. The Bertz CT molecular complexity index is 480. The van der Waals surface area contributed by atoms with Crippen LogP contribution in [0.2, 0.25) is 0 Å². The number of alkyl halides is 3. The van der Waals surface area contributed by atoms with Gasteiger partial charge in [0.05, 0.1) is 11.6 Å². The summed E-state index contributed by atoms with van der Waals surface area (Å²) >= 11 is 2.98. The Labute approximate surface area is 129 Å². The molecule has 8 heteroatoms. The molecule has 0 saturated heterocycles. The quantitative estimate of drug-likeness (QED) is 0.844. The van der Waals surface area contributed by atoms with Gasteiger partial charge in [0.25, 0.3) is 0 Å². The molecule has 0 saturated carbocycles. The van der Waals surface area contributed by atoms with Gasteiger partial charge in [-0.1, -0.05) is 29.8 Å². The lowest BCUT2D eigenvalue weighted by Gasteiger charge is -2.16. The van der Waals surface area contributed by atoms with Crippen molar-refractivity contribution < 1.29 is 18.0 Å². The molecular formula is C12H15BrClF3N2O. The van der Waals surface area contributed by atoms with Crippen molar-refractivity contribution in [3.05, 3.63) is 28.2 Å². The van der Waals surface area contributed by atoms with Crippen molar-refractivity contribution in [3.8, 4) is 0 Å². The molecule has 0 fully saturated rings. The van der Waals surface area contributed by atoms with Crippen molar-refractivity contribution in [1.29, 1.82) is 0 Å². The van der Waals surface area contributed by atoms with Crippen LogP contribution in [0.3, 0.4) is 0 Å². The Kier molecular flexibility index (Phi) is 7.00. The molecule has 0 radical (unpaired) electrons. The van der Waals surface area contributed by atoms with Crippen LogP contribution in [0.5, 0.6) is 0 Å². The summed E-state index contributed by atoms with van der Waals surface area (Å²) in [5.74, 6) is -0.615. The Balaban J connectivity index is 0.00000361. The predicted molar refractivity (Wildman–Crippen MR) is 77.8 cm³/mol. The van der Waals surface area contributed by atoms with Crippen LogP contribution in [0, 0.1) is 5.92 Å². The number of hydrogen-bond donors (Lipinski definition) is 2. The first-order chi connectivity index (χ1) is 8.61. The zero-order valence-corrected chi connectivity index (χ0v) is 13.2. The van der Waals surface area contributed by atoms with Gasteiger partial charge in [-0.3, -0.25) is 4.79 Å². The van der Waals surface area contributed by atoms with Gasteiger partial charge in [-0.25, -0.2) is 0 Å². The maximum atomic E-state index is 12.6. The summed E-state index contributed by atoms with van der Waals surface area (Å²) in [6.07, 6.45) is -4.47. The molecule has 1 rings (SSSR count). The van der Waals surface area contributed by atoms with E-state index in [1.807, 2.05) is 0 Å². The summed E-state index contributed by atoms with van der Waals surface area (Å²) < 4.78 is 38.1. The van der Waals surface area contributed by atoms with E-state index in [0.717, 1.165) is 12.1 Å². The van der Waals surface area contributed by atoms with E-state index >= 15 is 0 Å². The molecule has 0 aliphatic heterocycles. The summed E-state index contributed by atoms with van der Waals surface area (Å²) in [4.78, 5) is 11.7. The summed E-state index contributed by atoms with van der Waals surface area (Å²) in [5, 5.41) is 2.38. The molecule has 1 aromatic carbocycles. The van der Waals surface area contributed by atoms with E-state index in [1.165, 1.54) is 6.07 Å². The number of nitrogens with two attached hydrogens (primary N) is 1. The number of carbonyl (C=O) groups is 1. The highest BCUT2D eigenvalue weighted by molar-refractivity contribution is 9.10. The third-order valence-corrected chi connectivity index (χ3v) is 2.97. The van der Waals surface area contributed by atoms with Crippen LogP contribution in [0.25, 0.3) is 0 Å². The van der Waals surface area contributed by atoms with Crippen LogP contribution >= 0.6 is 28.3 Å². The number of nitrogens with one attached hydrogen (secondary N) is 1. The Morgan fingerprint density at radius 2 is 1.85 bits per heavy atom. The number of hydrogen-bond acceptors (Lipinski definition) is 2. The van der Waals surface area contributed by atoms with Crippen LogP contribution in [0.4, 0.5) is 18.9 Å². The van der Waals surface area contributed by atoms with E-state index in [1.54, 1.807) is 13.8 Å². The molecule has 0 heterocycles. The van der Waals surface area contributed by atoms with E-state index in [0.29, 0.717) is 0 Å². The maximum absolute atomic E-state index is 12.6. The lowest BCUT2D eigenvalue weighted by molar-refractivity contribution is -0.137. The van der Waals surface area contributed by atoms with E-state index in [9.17, 15) is 18.0 Å². The zero-order chi connectivity index (χ0) is 14.8. The molecule has 1 atom stereocenters. The summed E-state index contributed by atoms with van der Waals surface area (Å²) in [5.41, 5.74) is 4.84. The van der Waals surface area contributed by atoms with E-state index in [4.69, 9.17) is 5.73 Å². The van der Waals surface area contributed by atoms with E-state index in [2.05, 4.69) is 21.2 Å². The Morgan fingerprint density at radius 3 is 2.30 bits per heavy atom. The number of benzene rings is 1. The molecule has 0 unspecified atom stereocenters. The molecule has 3 nitrogen and oxygen atoms in total. The monoisotopic (exact) mass is 374 g/mol. The highest BCUT2D eigenvalue weighted by Gasteiger charge is 2.31. The zero-order valence-electron chi connectivity index (χ0n) is 10.8. The van der Waals surface area contributed by atoms with Gasteiger partial charge in [-0.15, -0.1) is 12.4 Å². The van der Waals surface area contributed by atoms with Crippen molar-refractivity contribution in [2.24, 2.45) is 11.7 Å². The molecule has 114 valence electrons. The normalized spacial score (nSPS) is 12.8. The summed E-state index contributed by atoms with van der Waals surface area (Å²) in [6, 6.07) is 2.43. The fraction of sp³-hybridized carbons (Fsp3) is 0.417. The van der Waals surface area contributed by atoms with Crippen molar-refractivity contribution in [2.45, 2.75) is 26.1 Å². The van der Waals surface area contributed by atoms with Gasteiger partial charge in [-0.2, -0.15) is 13.2 Å². The van der Waals surface area contributed by atoms with Crippen molar-refractivity contribution in [2.75, 3.05) is 5.32 Å². The van der Waals surface area contributed by atoms with Gasteiger partial charge >= 0.3 is 6.18 Å². The van der Waals surface area contributed by atoms with E-state index < -0.39 is 23.7 Å². The van der Waals surface area contributed by atoms with Gasteiger partial charge in [0.15, 0.2) is 0 Å². The summed E-state index contributed by atoms with van der Waals surface area (Å²) in [6.45, 7) is 3.51. The largest absolute Gasteiger partial charge is 0.416 e. The number of rotatable bonds is 3. The fourth-order valence-corrected chi connectivity index (χ4v) is 1.85. The van der Waals surface area contributed by atoms with E-state index in [-0.39, 0.29) is 28.5 Å². The highest BCUT2D eigenvalue weighted by Crippen LogP contribution is 2.33. The topological polar surface area (TPSA) is 55.1 Å². The molecule has 3 N–H and O–H groups in total. The van der Waals surface area contributed by atoms with Gasteiger partial charge in [0, 0.05) is 10.2 Å². The second kappa shape index (κ2) is 7.28. The van der Waals surface area contributed by atoms with Gasteiger partial charge < -0.3 is 11.1 Å². The van der Waals surface area contributed by atoms with Gasteiger partial charge in [0.1, 0.15) is 0 Å². The number of anilines is 1. The predicted octanol–water partition coefficient (Wildman–Crippen LogP) is 3.81. The first-order valence-electron chi connectivity index (χ1n) is 5.55. The third kappa shape index (κ3) is 5.30. The molecule has 0 bridgehead atoms. The second-order valence-electron chi connectivity index (χ2n) is 4.49. The van der Waals surface area contributed by atoms with Crippen LogP contribution < -0.4 is 11.1 Å². The standard InChI is InChI=1S/C12H14BrF3N2O.ClH/c1-6(2)10(17)11(19)18-9-4-7(12(14,15)16)3-8(13)5-9;/h3-6,10H,17H2,1-2H3,(H,18,19);1H/t10-;/m0./s1. The first-order valence-corrected chi connectivity index (χ1v) is 6.35. The van der Waals surface area contributed by atoms with Crippen molar-refractivity contribution in [1.82, 2.24) is 0 Å². The van der Waals surface area contributed by atoms with Crippen LogP contribution in [-0.4, -0.2) is 11.9 Å². The second-order valence-corrected chi connectivity index (χ2v) is 5.40. The van der Waals surface area contributed by atoms with Crippen molar-refractivity contribution >= 4 is 39.9 Å². The fourth-order valence-electron chi connectivity index (χ4n) is 1.35. The Hall–Kier alpha value is -0.790. The Morgan fingerprint density at radius 1 is 1.30 bits per heavy atom. The average Bonchev–Trinajstić information content (AvgIpc) is 2.25. The lowest BCUT2D eigenvalue weighted by atomic mass is 10.0. The minimum atomic E-state index is -4.47. The molecule has 1 amide bonds. The van der Waals surface area contributed by atoms with Crippen LogP contribution in [0.15, 0.2) is 22.7 Å². The van der Waals surface area contributed by atoms with Gasteiger partial charge in [-0.05, 0) is 24.1 Å². The van der Waals surface area contributed by atoms with Crippen LogP contribution in [-0.2, 0) is 11.0 Å². The number of halogens is 5.